The average molecular weight is 404 g/mol. The molecule has 150 valence electrons. The summed E-state index contributed by atoms with van der Waals surface area (Å²) in [7, 11) is 0. The smallest absolute Gasteiger partial charge is 0.270 e. The van der Waals surface area contributed by atoms with Gasteiger partial charge >= 0.3 is 0 Å². The van der Waals surface area contributed by atoms with Gasteiger partial charge in [-0.05, 0) is 18.6 Å². The van der Waals surface area contributed by atoms with E-state index in [1.54, 1.807) is 17.0 Å². The SMILES string of the molecule is CCCCNC(=O)CN1CCN(C(=O)c2cc3cc([N+](=O)[O-])ccc3s2)CC1. The van der Waals surface area contributed by atoms with Gasteiger partial charge in [-0.15, -0.1) is 11.3 Å². The molecule has 1 N–H and O–H groups in total. The number of nitro benzene ring substituents is 1. The van der Waals surface area contributed by atoms with E-state index in [0.717, 1.165) is 17.5 Å². The lowest BCUT2D eigenvalue weighted by Crippen LogP contribution is -2.51. The second-order valence-electron chi connectivity index (χ2n) is 6.86. The summed E-state index contributed by atoms with van der Waals surface area (Å²) in [5.41, 5.74) is 0.0233. The molecule has 8 nitrogen and oxygen atoms in total. The van der Waals surface area contributed by atoms with Crippen LogP contribution in [0.1, 0.15) is 29.4 Å². The fourth-order valence-electron chi connectivity index (χ4n) is 3.18. The van der Waals surface area contributed by atoms with Gasteiger partial charge in [-0.2, -0.15) is 0 Å². The molecule has 1 aliphatic heterocycles. The number of non-ortho nitro benzene ring substituents is 1. The number of nitrogens with zero attached hydrogens (tertiary/aromatic N) is 3. The second kappa shape index (κ2) is 9.11. The van der Waals surface area contributed by atoms with Gasteiger partial charge in [0.2, 0.25) is 5.91 Å². The minimum Gasteiger partial charge on any atom is -0.355 e. The first-order valence-corrected chi connectivity index (χ1v) is 10.3. The minimum absolute atomic E-state index is 0.0233. The lowest BCUT2D eigenvalue weighted by atomic mass is 10.2. The second-order valence-corrected chi connectivity index (χ2v) is 7.95. The summed E-state index contributed by atoms with van der Waals surface area (Å²) in [5, 5.41) is 14.5. The van der Waals surface area contributed by atoms with Crippen molar-refractivity contribution < 1.29 is 14.5 Å². The number of nitrogens with one attached hydrogen (secondary N) is 1. The van der Waals surface area contributed by atoms with Gasteiger partial charge in [-0.25, -0.2) is 0 Å². The highest BCUT2D eigenvalue weighted by Gasteiger charge is 2.24. The third kappa shape index (κ3) is 4.85. The van der Waals surface area contributed by atoms with Crippen LogP contribution in [0, 0.1) is 10.1 Å². The maximum Gasteiger partial charge on any atom is 0.270 e. The lowest BCUT2D eigenvalue weighted by Gasteiger charge is -2.34. The molecule has 1 aromatic carbocycles. The molecule has 28 heavy (non-hydrogen) atoms. The number of thiophene rings is 1. The van der Waals surface area contributed by atoms with E-state index in [9.17, 15) is 19.7 Å². The topological polar surface area (TPSA) is 95.8 Å². The molecular formula is C19H24N4O4S. The Morgan fingerprint density at radius 3 is 2.64 bits per heavy atom. The summed E-state index contributed by atoms with van der Waals surface area (Å²) in [6.45, 7) is 5.59. The van der Waals surface area contributed by atoms with Crippen molar-refractivity contribution in [3.05, 3.63) is 39.3 Å². The van der Waals surface area contributed by atoms with Crippen LogP contribution in [0.3, 0.4) is 0 Å². The lowest BCUT2D eigenvalue weighted by molar-refractivity contribution is -0.384. The number of hydrogen-bond acceptors (Lipinski definition) is 6. The molecule has 0 saturated carbocycles. The molecule has 0 radical (unpaired) electrons. The Labute approximate surface area is 167 Å². The average Bonchev–Trinajstić information content (AvgIpc) is 3.11. The van der Waals surface area contributed by atoms with Crippen molar-refractivity contribution >= 4 is 38.9 Å². The van der Waals surface area contributed by atoms with Gasteiger partial charge in [0.1, 0.15) is 0 Å². The fraction of sp³-hybridized carbons (Fsp3) is 0.474. The fourth-order valence-corrected chi connectivity index (χ4v) is 4.19. The van der Waals surface area contributed by atoms with Crippen molar-refractivity contribution in [2.75, 3.05) is 39.3 Å². The number of amides is 2. The van der Waals surface area contributed by atoms with E-state index in [0.29, 0.717) is 49.5 Å². The van der Waals surface area contributed by atoms with Gasteiger partial charge < -0.3 is 10.2 Å². The van der Waals surface area contributed by atoms with Crippen LogP contribution in [-0.2, 0) is 4.79 Å². The molecule has 3 rings (SSSR count). The van der Waals surface area contributed by atoms with Crippen molar-refractivity contribution in [2.45, 2.75) is 19.8 Å². The molecule has 0 bridgehead atoms. The molecule has 9 heteroatoms. The molecule has 0 aliphatic carbocycles. The predicted molar refractivity (Wildman–Crippen MR) is 109 cm³/mol. The zero-order chi connectivity index (χ0) is 20.1. The highest BCUT2D eigenvalue weighted by molar-refractivity contribution is 7.20. The van der Waals surface area contributed by atoms with E-state index < -0.39 is 4.92 Å². The summed E-state index contributed by atoms with van der Waals surface area (Å²) in [6.07, 6.45) is 2.03. The number of rotatable bonds is 7. The Morgan fingerprint density at radius 1 is 1.21 bits per heavy atom. The van der Waals surface area contributed by atoms with E-state index in [4.69, 9.17) is 0 Å². The van der Waals surface area contributed by atoms with Crippen LogP contribution in [0.5, 0.6) is 0 Å². The van der Waals surface area contributed by atoms with Crippen LogP contribution in [-0.4, -0.2) is 65.8 Å². The number of hydrogen-bond donors (Lipinski definition) is 1. The summed E-state index contributed by atoms with van der Waals surface area (Å²) in [5.74, 6) is -0.0322. The number of unbranched alkanes of at least 4 members (excludes halogenated alkanes) is 1. The highest BCUT2D eigenvalue weighted by atomic mass is 32.1. The minimum atomic E-state index is -0.434. The Kier molecular flexibility index (Phi) is 6.58. The first kappa shape index (κ1) is 20.2. The summed E-state index contributed by atoms with van der Waals surface area (Å²) >= 11 is 1.35. The number of carbonyl (C=O) groups excluding carboxylic acids is 2. The Hall–Kier alpha value is -2.52. The highest BCUT2D eigenvalue weighted by Crippen LogP contribution is 2.29. The third-order valence-corrected chi connectivity index (χ3v) is 5.90. The van der Waals surface area contributed by atoms with Crippen molar-refractivity contribution in [1.82, 2.24) is 15.1 Å². The molecule has 1 fully saturated rings. The Morgan fingerprint density at radius 2 is 1.96 bits per heavy atom. The van der Waals surface area contributed by atoms with Crippen LogP contribution in [0.15, 0.2) is 24.3 Å². The van der Waals surface area contributed by atoms with Crippen molar-refractivity contribution in [3.8, 4) is 0 Å². The quantitative estimate of drug-likeness (QED) is 0.435. The van der Waals surface area contributed by atoms with Gasteiger partial charge in [0.25, 0.3) is 11.6 Å². The normalized spacial score (nSPS) is 15.0. The number of nitro groups is 1. The monoisotopic (exact) mass is 404 g/mol. The van der Waals surface area contributed by atoms with Crippen molar-refractivity contribution in [3.63, 3.8) is 0 Å². The molecule has 0 spiro atoms. The Balaban J connectivity index is 1.55. The third-order valence-electron chi connectivity index (χ3n) is 4.80. The van der Waals surface area contributed by atoms with E-state index in [-0.39, 0.29) is 17.5 Å². The van der Waals surface area contributed by atoms with Gasteiger partial charge in [0.05, 0.1) is 16.3 Å². The van der Waals surface area contributed by atoms with Crippen LogP contribution >= 0.6 is 11.3 Å². The molecule has 2 amide bonds. The Bertz CT molecular complexity index is 874. The molecule has 1 aromatic heterocycles. The number of piperazine rings is 1. The molecule has 2 heterocycles. The van der Waals surface area contributed by atoms with Gasteiger partial charge in [-0.1, -0.05) is 13.3 Å². The van der Waals surface area contributed by atoms with E-state index >= 15 is 0 Å². The summed E-state index contributed by atoms with van der Waals surface area (Å²) in [6, 6.07) is 6.36. The zero-order valence-electron chi connectivity index (χ0n) is 15.8. The standard InChI is InChI=1S/C19H24N4O4S/c1-2-3-6-20-18(24)13-21-7-9-22(10-8-21)19(25)17-12-14-11-15(23(26)27)4-5-16(14)28-17/h4-5,11-12H,2-3,6-10,13H2,1H3,(H,20,24). The van der Waals surface area contributed by atoms with Gasteiger partial charge in [0, 0.05) is 54.9 Å². The van der Waals surface area contributed by atoms with Crippen LogP contribution < -0.4 is 5.32 Å². The zero-order valence-corrected chi connectivity index (χ0v) is 16.7. The van der Waals surface area contributed by atoms with E-state index in [2.05, 4.69) is 17.1 Å². The van der Waals surface area contributed by atoms with Crippen LogP contribution in [0.4, 0.5) is 5.69 Å². The molecule has 0 atom stereocenters. The van der Waals surface area contributed by atoms with Crippen molar-refractivity contribution in [2.24, 2.45) is 0 Å². The predicted octanol–water partition coefficient (Wildman–Crippen LogP) is 2.48. The molecule has 2 aromatic rings. The number of carbonyl (C=O) groups is 2. The first-order chi connectivity index (χ1) is 13.5. The molecule has 1 saturated heterocycles. The van der Waals surface area contributed by atoms with Gasteiger partial charge in [-0.3, -0.25) is 24.6 Å². The molecule has 1 aliphatic rings. The number of fused-ring (bicyclic) bond motifs is 1. The van der Waals surface area contributed by atoms with E-state index in [1.807, 2.05) is 0 Å². The van der Waals surface area contributed by atoms with Crippen molar-refractivity contribution in [1.29, 1.82) is 0 Å². The maximum atomic E-state index is 12.8. The maximum absolute atomic E-state index is 12.8. The largest absolute Gasteiger partial charge is 0.355 e. The van der Waals surface area contributed by atoms with Crippen LogP contribution in [0.2, 0.25) is 0 Å². The van der Waals surface area contributed by atoms with E-state index in [1.165, 1.54) is 23.5 Å². The van der Waals surface area contributed by atoms with Crippen LogP contribution in [0.25, 0.3) is 10.1 Å². The summed E-state index contributed by atoms with van der Waals surface area (Å²) < 4.78 is 0.858. The first-order valence-electron chi connectivity index (χ1n) is 9.44. The van der Waals surface area contributed by atoms with Gasteiger partial charge in [0.15, 0.2) is 0 Å². The molecule has 0 unspecified atom stereocenters. The molecular weight excluding hydrogens is 380 g/mol. The number of benzene rings is 1. The summed E-state index contributed by atoms with van der Waals surface area (Å²) in [4.78, 5) is 39.6.